The Bertz CT molecular complexity index is 845. The number of ether oxygens (including phenoxy) is 2. The molecule has 3 rings (SSSR count). The van der Waals surface area contributed by atoms with Crippen LogP contribution in [0.25, 0.3) is 0 Å². The van der Waals surface area contributed by atoms with Gasteiger partial charge in [0, 0.05) is 5.56 Å². The summed E-state index contributed by atoms with van der Waals surface area (Å²) < 4.78 is 51.7. The van der Waals surface area contributed by atoms with Crippen LogP contribution in [-0.2, 0) is 19.1 Å². The number of hydrogen-bond donors (Lipinski definition) is 1. The van der Waals surface area contributed by atoms with Crippen molar-refractivity contribution in [3.8, 4) is 0 Å². The Morgan fingerprint density at radius 1 is 1.46 bits per heavy atom. The van der Waals surface area contributed by atoms with Crippen LogP contribution in [0.3, 0.4) is 0 Å². The van der Waals surface area contributed by atoms with E-state index in [0.29, 0.717) is 0 Å². The molecule has 1 aromatic rings. The van der Waals surface area contributed by atoms with Crippen molar-refractivity contribution >= 4 is 11.9 Å². The Labute approximate surface area is 147 Å². The van der Waals surface area contributed by atoms with E-state index in [0.717, 1.165) is 20.1 Å². The average molecular weight is 367 g/mol. The molecule has 2 aliphatic rings. The van der Waals surface area contributed by atoms with E-state index in [2.05, 4.69) is 5.32 Å². The molecule has 1 N–H and O–H groups in total. The van der Waals surface area contributed by atoms with Gasteiger partial charge in [-0.25, -0.2) is 22.8 Å². The van der Waals surface area contributed by atoms with E-state index in [4.69, 9.17) is 9.47 Å². The van der Waals surface area contributed by atoms with Gasteiger partial charge in [0.05, 0.1) is 35.6 Å². The van der Waals surface area contributed by atoms with Gasteiger partial charge in [-0.15, -0.1) is 0 Å². The number of halogens is 3. The minimum absolute atomic E-state index is 0.0232. The molecule has 5 nitrogen and oxygen atoms in total. The molecule has 0 fully saturated rings. The Balaban J connectivity index is 2.31. The van der Waals surface area contributed by atoms with Gasteiger partial charge in [0.2, 0.25) is 0 Å². The topological polar surface area (TPSA) is 64.6 Å². The monoisotopic (exact) mass is 367 g/mol. The third-order valence-electron chi connectivity index (χ3n) is 4.43. The van der Waals surface area contributed by atoms with Crippen molar-refractivity contribution in [2.45, 2.75) is 19.0 Å². The second kappa shape index (κ2) is 6.86. The number of carbonyl (C=O) groups excluding carboxylic acids is 2. The zero-order valence-electron chi connectivity index (χ0n) is 14.1. The van der Waals surface area contributed by atoms with Crippen LogP contribution < -0.4 is 5.32 Å². The van der Waals surface area contributed by atoms with Crippen LogP contribution >= 0.6 is 0 Å². The Hall–Kier alpha value is -2.77. The maximum Gasteiger partial charge on any atom is 0.337 e. The SMILES string of the molecule is COC(=O)C1=C(CF)NC2=C(C(=O)OC2)[C@H]1c1cccc(F)c1[C@@H](C)F. The summed E-state index contributed by atoms with van der Waals surface area (Å²) in [4.78, 5) is 24.6. The number of allylic oxidation sites excluding steroid dienone is 1. The van der Waals surface area contributed by atoms with Gasteiger partial charge in [0.1, 0.15) is 25.3 Å². The van der Waals surface area contributed by atoms with Crippen LogP contribution in [0.5, 0.6) is 0 Å². The highest BCUT2D eigenvalue weighted by Crippen LogP contribution is 2.44. The lowest BCUT2D eigenvalue weighted by molar-refractivity contribution is -0.136. The van der Waals surface area contributed by atoms with Gasteiger partial charge >= 0.3 is 11.9 Å². The van der Waals surface area contributed by atoms with E-state index >= 15 is 0 Å². The molecule has 138 valence electrons. The Morgan fingerprint density at radius 3 is 2.81 bits per heavy atom. The highest BCUT2D eigenvalue weighted by atomic mass is 19.1. The van der Waals surface area contributed by atoms with E-state index in [-0.39, 0.29) is 40.3 Å². The van der Waals surface area contributed by atoms with Crippen molar-refractivity contribution in [1.29, 1.82) is 0 Å². The smallest absolute Gasteiger partial charge is 0.337 e. The molecule has 0 aliphatic carbocycles. The predicted octanol–water partition coefficient (Wildman–Crippen LogP) is 2.75. The lowest BCUT2D eigenvalue weighted by atomic mass is 9.78. The minimum Gasteiger partial charge on any atom is -0.466 e. The molecule has 0 saturated carbocycles. The van der Waals surface area contributed by atoms with Crippen LogP contribution in [0.2, 0.25) is 0 Å². The number of cyclic esters (lactones) is 1. The van der Waals surface area contributed by atoms with E-state index < -0.39 is 36.5 Å². The number of hydrogen-bond acceptors (Lipinski definition) is 5. The second-order valence-corrected chi connectivity index (χ2v) is 5.90. The summed E-state index contributed by atoms with van der Waals surface area (Å²) in [7, 11) is 1.10. The average Bonchev–Trinajstić information content (AvgIpc) is 2.99. The molecule has 2 heterocycles. The van der Waals surface area contributed by atoms with Crippen LogP contribution in [0.15, 0.2) is 40.7 Å². The molecule has 0 saturated heterocycles. The summed E-state index contributed by atoms with van der Waals surface area (Å²) in [5, 5.41) is 2.67. The number of nitrogens with one attached hydrogen (secondary N) is 1. The zero-order chi connectivity index (χ0) is 19.0. The summed E-state index contributed by atoms with van der Waals surface area (Å²) >= 11 is 0. The molecule has 0 bridgehead atoms. The van der Waals surface area contributed by atoms with Gasteiger partial charge in [-0.2, -0.15) is 0 Å². The van der Waals surface area contributed by atoms with Gasteiger partial charge in [-0.05, 0) is 18.6 Å². The normalized spacial score (nSPS) is 20.5. The van der Waals surface area contributed by atoms with Gasteiger partial charge < -0.3 is 14.8 Å². The fraction of sp³-hybridized carbons (Fsp3) is 0.333. The van der Waals surface area contributed by atoms with Crippen LogP contribution in [0, 0.1) is 5.82 Å². The highest BCUT2D eigenvalue weighted by molar-refractivity contribution is 6.01. The molecular weight excluding hydrogens is 351 g/mol. The van der Waals surface area contributed by atoms with Crippen molar-refractivity contribution in [2.75, 3.05) is 20.4 Å². The van der Waals surface area contributed by atoms with E-state index in [9.17, 15) is 22.8 Å². The molecule has 2 aliphatic heterocycles. The second-order valence-electron chi connectivity index (χ2n) is 5.90. The lowest BCUT2D eigenvalue weighted by Gasteiger charge is -2.29. The van der Waals surface area contributed by atoms with Crippen molar-refractivity contribution in [3.05, 3.63) is 57.7 Å². The lowest BCUT2D eigenvalue weighted by Crippen LogP contribution is -2.32. The van der Waals surface area contributed by atoms with Gasteiger partial charge in [-0.1, -0.05) is 12.1 Å². The molecular formula is C18H16F3NO4. The Kier molecular flexibility index (Phi) is 4.76. The summed E-state index contributed by atoms with van der Waals surface area (Å²) in [6, 6.07) is 3.82. The van der Waals surface area contributed by atoms with E-state index in [1.54, 1.807) is 0 Å². The van der Waals surface area contributed by atoms with Crippen LogP contribution in [0.4, 0.5) is 13.2 Å². The van der Waals surface area contributed by atoms with Crippen molar-refractivity contribution in [1.82, 2.24) is 5.32 Å². The minimum atomic E-state index is -1.71. The number of dihydropyridines is 1. The molecule has 8 heteroatoms. The van der Waals surface area contributed by atoms with Gasteiger partial charge in [0.15, 0.2) is 0 Å². The fourth-order valence-electron chi connectivity index (χ4n) is 3.37. The maximum atomic E-state index is 14.3. The molecule has 0 spiro atoms. The quantitative estimate of drug-likeness (QED) is 0.829. The molecule has 1 aromatic carbocycles. The van der Waals surface area contributed by atoms with Crippen molar-refractivity contribution in [2.24, 2.45) is 0 Å². The number of methoxy groups -OCH3 is 1. The number of rotatable bonds is 4. The van der Waals surface area contributed by atoms with Crippen LogP contribution in [-0.4, -0.2) is 32.3 Å². The maximum absolute atomic E-state index is 14.3. The third kappa shape index (κ3) is 2.75. The number of benzene rings is 1. The van der Waals surface area contributed by atoms with Gasteiger partial charge in [-0.3, -0.25) is 0 Å². The van der Waals surface area contributed by atoms with E-state index in [1.165, 1.54) is 12.1 Å². The van der Waals surface area contributed by atoms with E-state index in [1.807, 2.05) is 0 Å². The number of alkyl halides is 2. The molecule has 0 amide bonds. The summed E-state index contributed by atoms with van der Waals surface area (Å²) in [6.07, 6.45) is -1.71. The highest BCUT2D eigenvalue weighted by Gasteiger charge is 2.44. The summed E-state index contributed by atoms with van der Waals surface area (Å²) in [5.41, 5.74) is -0.289. The first-order valence-electron chi connectivity index (χ1n) is 7.87. The first kappa shape index (κ1) is 18.0. The largest absolute Gasteiger partial charge is 0.466 e. The van der Waals surface area contributed by atoms with Crippen molar-refractivity contribution < 1.29 is 32.2 Å². The fourth-order valence-corrected chi connectivity index (χ4v) is 3.37. The summed E-state index contributed by atoms with van der Waals surface area (Å²) in [6.45, 7) is -0.0526. The Morgan fingerprint density at radius 2 is 2.19 bits per heavy atom. The molecule has 2 atom stereocenters. The van der Waals surface area contributed by atoms with Crippen molar-refractivity contribution in [3.63, 3.8) is 0 Å². The number of esters is 2. The first-order valence-corrected chi connectivity index (χ1v) is 7.87. The molecule has 0 radical (unpaired) electrons. The predicted molar refractivity (Wildman–Crippen MR) is 84.8 cm³/mol. The molecule has 26 heavy (non-hydrogen) atoms. The zero-order valence-corrected chi connectivity index (χ0v) is 14.1. The third-order valence-corrected chi connectivity index (χ3v) is 4.43. The standard InChI is InChI=1S/C18H16F3NO4/c1-8(20)13-9(4-3-5-10(13)21)14-15(17(23)25-2)11(6-19)22-12-7-26-18(24)16(12)14/h3-5,8,14,22H,6-7H2,1-2H3/t8-,14+/m1/s1. The van der Waals surface area contributed by atoms with Gasteiger partial charge in [0.25, 0.3) is 0 Å². The molecule has 0 aromatic heterocycles. The molecule has 0 unspecified atom stereocenters. The number of carbonyl (C=O) groups is 2. The van der Waals surface area contributed by atoms with Crippen LogP contribution in [0.1, 0.15) is 30.1 Å². The first-order chi connectivity index (χ1) is 12.4. The summed E-state index contributed by atoms with van der Waals surface area (Å²) in [5.74, 6) is -3.65.